The third-order valence-corrected chi connectivity index (χ3v) is 3.12. The summed E-state index contributed by atoms with van der Waals surface area (Å²) in [5.74, 6) is 1.73. The van der Waals surface area contributed by atoms with Gasteiger partial charge in [0.25, 0.3) is 0 Å². The Morgan fingerprint density at radius 3 is 2.44 bits per heavy atom. The first-order valence-corrected chi connectivity index (χ1v) is 6.22. The van der Waals surface area contributed by atoms with E-state index in [0.29, 0.717) is 6.54 Å². The normalized spacial score (nSPS) is 10.8. The Hall–Kier alpha value is -1.26. The third kappa shape index (κ3) is 3.89. The summed E-state index contributed by atoms with van der Waals surface area (Å²) in [5, 5.41) is 0. The molecule has 0 aliphatic heterocycles. The van der Waals surface area contributed by atoms with E-state index in [4.69, 9.17) is 15.2 Å². The van der Waals surface area contributed by atoms with Gasteiger partial charge in [0.1, 0.15) is 11.5 Å². The van der Waals surface area contributed by atoms with E-state index in [-0.39, 0.29) is 0 Å². The summed E-state index contributed by atoms with van der Waals surface area (Å²) in [6, 6.07) is 3.98. The average molecular weight is 252 g/mol. The number of nitrogens with two attached hydrogens (primary N) is 1. The highest BCUT2D eigenvalue weighted by molar-refractivity contribution is 5.46. The van der Waals surface area contributed by atoms with E-state index >= 15 is 0 Å². The minimum atomic E-state index is 0.690. The molecule has 1 rings (SSSR count). The summed E-state index contributed by atoms with van der Waals surface area (Å²) in [6.07, 6.45) is 0.954. The number of hydrogen-bond donors (Lipinski definition) is 1. The maximum absolute atomic E-state index is 5.54. The van der Waals surface area contributed by atoms with E-state index in [2.05, 4.69) is 18.9 Å². The van der Waals surface area contributed by atoms with Gasteiger partial charge in [-0.1, -0.05) is 0 Å². The lowest BCUT2D eigenvalue weighted by molar-refractivity contribution is 0.342. The number of methoxy groups -OCH3 is 2. The number of rotatable bonds is 7. The highest BCUT2D eigenvalue weighted by Crippen LogP contribution is 2.28. The van der Waals surface area contributed by atoms with Crippen molar-refractivity contribution in [2.24, 2.45) is 5.73 Å². The molecule has 0 fully saturated rings. The monoisotopic (exact) mass is 252 g/mol. The van der Waals surface area contributed by atoms with Crippen LogP contribution in [0.1, 0.15) is 11.1 Å². The molecule has 0 amide bonds. The van der Waals surface area contributed by atoms with Gasteiger partial charge in [-0.2, -0.15) is 0 Å². The molecule has 0 spiro atoms. The van der Waals surface area contributed by atoms with Gasteiger partial charge in [-0.05, 0) is 37.6 Å². The van der Waals surface area contributed by atoms with Crippen molar-refractivity contribution in [1.29, 1.82) is 0 Å². The zero-order valence-electron chi connectivity index (χ0n) is 11.8. The number of aryl methyl sites for hydroxylation is 1. The number of benzene rings is 1. The Kier molecular flexibility index (Phi) is 5.95. The van der Waals surface area contributed by atoms with Crippen molar-refractivity contribution in [3.05, 3.63) is 23.3 Å². The van der Waals surface area contributed by atoms with Crippen LogP contribution in [0.25, 0.3) is 0 Å². The smallest absolute Gasteiger partial charge is 0.126 e. The highest BCUT2D eigenvalue weighted by atomic mass is 16.5. The van der Waals surface area contributed by atoms with Gasteiger partial charge in [-0.15, -0.1) is 0 Å². The zero-order chi connectivity index (χ0) is 13.5. The molecule has 0 heterocycles. The van der Waals surface area contributed by atoms with Crippen LogP contribution < -0.4 is 15.2 Å². The summed E-state index contributed by atoms with van der Waals surface area (Å²) in [4.78, 5) is 2.23. The quantitative estimate of drug-likeness (QED) is 0.798. The molecule has 0 aliphatic carbocycles. The maximum atomic E-state index is 5.54. The van der Waals surface area contributed by atoms with Gasteiger partial charge in [0.2, 0.25) is 0 Å². The molecule has 102 valence electrons. The fourth-order valence-corrected chi connectivity index (χ4v) is 2.01. The molecule has 1 aromatic rings. The summed E-state index contributed by atoms with van der Waals surface area (Å²) < 4.78 is 10.7. The van der Waals surface area contributed by atoms with Crippen LogP contribution in [0.5, 0.6) is 11.5 Å². The van der Waals surface area contributed by atoms with Crippen LogP contribution in [0.3, 0.4) is 0 Å². The Labute approximate surface area is 110 Å². The third-order valence-electron chi connectivity index (χ3n) is 3.12. The van der Waals surface area contributed by atoms with Crippen LogP contribution in [0, 0.1) is 6.92 Å². The van der Waals surface area contributed by atoms with Gasteiger partial charge >= 0.3 is 0 Å². The fourth-order valence-electron chi connectivity index (χ4n) is 2.01. The van der Waals surface area contributed by atoms with Crippen LogP contribution in [0.2, 0.25) is 0 Å². The average Bonchev–Trinajstić information content (AvgIpc) is 2.36. The Balaban J connectivity index is 2.81. The van der Waals surface area contributed by atoms with Gasteiger partial charge in [0.15, 0.2) is 0 Å². The molecule has 2 N–H and O–H groups in total. The Morgan fingerprint density at radius 1 is 1.17 bits per heavy atom. The van der Waals surface area contributed by atoms with E-state index in [9.17, 15) is 0 Å². The summed E-state index contributed by atoms with van der Waals surface area (Å²) in [7, 11) is 5.45. The first kappa shape index (κ1) is 14.8. The molecule has 0 saturated carbocycles. The predicted octanol–water partition coefficient (Wildman–Crippen LogP) is 1.45. The van der Waals surface area contributed by atoms with Crippen LogP contribution in [-0.2, 0) is 6.42 Å². The molecule has 4 heteroatoms. The molecule has 1 aromatic carbocycles. The van der Waals surface area contributed by atoms with Gasteiger partial charge in [-0.3, -0.25) is 0 Å². The molecule has 18 heavy (non-hydrogen) atoms. The van der Waals surface area contributed by atoms with Crippen molar-refractivity contribution < 1.29 is 9.47 Å². The number of hydrogen-bond acceptors (Lipinski definition) is 4. The van der Waals surface area contributed by atoms with E-state index in [1.54, 1.807) is 14.2 Å². The minimum absolute atomic E-state index is 0.690. The van der Waals surface area contributed by atoms with Crippen LogP contribution >= 0.6 is 0 Å². The first-order valence-electron chi connectivity index (χ1n) is 6.22. The lowest BCUT2D eigenvalue weighted by atomic mass is 10.0. The van der Waals surface area contributed by atoms with Gasteiger partial charge in [0, 0.05) is 25.7 Å². The second-order valence-electron chi connectivity index (χ2n) is 4.47. The van der Waals surface area contributed by atoms with Crippen molar-refractivity contribution in [2.45, 2.75) is 13.3 Å². The second-order valence-corrected chi connectivity index (χ2v) is 4.47. The summed E-state index contributed by atoms with van der Waals surface area (Å²) >= 11 is 0. The van der Waals surface area contributed by atoms with Crippen LogP contribution in [-0.4, -0.2) is 45.8 Å². The minimum Gasteiger partial charge on any atom is -0.497 e. The second kappa shape index (κ2) is 7.24. The molecule has 0 radical (unpaired) electrons. The van der Waals surface area contributed by atoms with Gasteiger partial charge < -0.3 is 20.1 Å². The Bertz CT molecular complexity index is 380. The standard InChI is InChI=1S/C14H24N2O2/c1-11-9-12(17-3)10-14(18-4)13(11)5-7-16(2)8-6-15/h9-10H,5-8,15H2,1-4H3. The molecule has 0 atom stereocenters. The molecule has 0 aliphatic rings. The zero-order valence-corrected chi connectivity index (χ0v) is 11.8. The first-order chi connectivity index (χ1) is 8.62. The molecule has 4 nitrogen and oxygen atoms in total. The summed E-state index contributed by atoms with van der Waals surface area (Å²) in [6.45, 7) is 4.66. The van der Waals surface area contributed by atoms with E-state index in [1.807, 2.05) is 12.1 Å². The lowest BCUT2D eigenvalue weighted by Gasteiger charge is -2.18. The number of ether oxygens (including phenoxy) is 2. The van der Waals surface area contributed by atoms with Crippen molar-refractivity contribution in [3.63, 3.8) is 0 Å². The van der Waals surface area contributed by atoms with Crippen molar-refractivity contribution >= 4 is 0 Å². The highest BCUT2D eigenvalue weighted by Gasteiger charge is 2.10. The Morgan fingerprint density at radius 2 is 1.89 bits per heavy atom. The predicted molar refractivity (Wildman–Crippen MR) is 74.5 cm³/mol. The molecular weight excluding hydrogens is 228 g/mol. The van der Waals surface area contributed by atoms with Gasteiger partial charge in [0.05, 0.1) is 14.2 Å². The molecule has 0 saturated heterocycles. The number of likely N-dealkylation sites (N-methyl/N-ethyl adjacent to an activating group) is 1. The summed E-state index contributed by atoms with van der Waals surface area (Å²) in [5.41, 5.74) is 7.98. The molecular formula is C14H24N2O2. The van der Waals surface area contributed by atoms with Crippen LogP contribution in [0.4, 0.5) is 0 Å². The topological polar surface area (TPSA) is 47.7 Å². The van der Waals surface area contributed by atoms with Crippen molar-refractivity contribution in [3.8, 4) is 11.5 Å². The van der Waals surface area contributed by atoms with E-state index < -0.39 is 0 Å². The molecule has 0 unspecified atom stereocenters. The van der Waals surface area contributed by atoms with Crippen molar-refractivity contribution in [2.75, 3.05) is 40.9 Å². The molecule has 0 bridgehead atoms. The SMILES string of the molecule is COc1cc(C)c(CCN(C)CCN)c(OC)c1. The van der Waals surface area contributed by atoms with Crippen LogP contribution in [0.15, 0.2) is 12.1 Å². The van der Waals surface area contributed by atoms with Crippen molar-refractivity contribution in [1.82, 2.24) is 4.90 Å². The number of nitrogens with zero attached hydrogens (tertiary/aromatic N) is 1. The molecule has 0 aromatic heterocycles. The largest absolute Gasteiger partial charge is 0.497 e. The maximum Gasteiger partial charge on any atom is 0.126 e. The van der Waals surface area contributed by atoms with E-state index in [0.717, 1.165) is 31.0 Å². The lowest BCUT2D eigenvalue weighted by Crippen LogP contribution is -2.27. The van der Waals surface area contributed by atoms with Gasteiger partial charge in [-0.25, -0.2) is 0 Å². The fraction of sp³-hybridized carbons (Fsp3) is 0.571. The van der Waals surface area contributed by atoms with E-state index in [1.165, 1.54) is 11.1 Å².